The fourth-order valence-corrected chi connectivity index (χ4v) is 2.71. The van der Waals surface area contributed by atoms with Crippen molar-refractivity contribution in [1.82, 2.24) is 5.32 Å². The Morgan fingerprint density at radius 1 is 1.29 bits per heavy atom. The topological polar surface area (TPSA) is 66.4 Å². The number of carboxylic acid groups (broad SMARTS) is 1. The second-order valence-electron chi connectivity index (χ2n) is 4.63. The highest BCUT2D eigenvalue weighted by atomic mass is 32.1. The summed E-state index contributed by atoms with van der Waals surface area (Å²) in [6.07, 6.45) is 0.103. The number of aryl methyl sites for hydroxylation is 1. The quantitative estimate of drug-likeness (QED) is 0.892. The van der Waals surface area contributed by atoms with Crippen LogP contribution in [0.15, 0.2) is 35.7 Å². The van der Waals surface area contributed by atoms with Crippen LogP contribution < -0.4 is 5.32 Å². The van der Waals surface area contributed by atoms with Crippen molar-refractivity contribution in [3.8, 4) is 0 Å². The number of hydrogen-bond acceptors (Lipinski definition) is 3. The summed E-state index contributed by atoms with van der Waals surface area (Å²) in [7, 11) is 0. The first-order valence-corrected chi connectivity index (χ1v) is 7.17. The lowest BCUT2D eigenvalue weighted by Gasteiger charge is -2.14. The lowest BCUT2D eigenvalue weighted by Crippen LogP contribution is -2.42. The van der Waals surface area contributed by atoms with Crippen LogP contribution in [0.25, 0.3) is 0 Å². The van der Waals surface area contributed by atoms with Gasteiger partial charge in [0.1, 0.15) is 11.9 Å². The molecular formula is C15H14FNO3S. The first-order chi connectivity index (χ1) is 9.97. The summed E-state index contributed by atoms with van der Waals surface area (Å²) in [6.45, 7) is 1.79. The van der Waals surface area contributed by atoms with Crippen LogP contribution in [0.4, 0.5) is 4.39 Å². The van der Waals surface area contributed by atoms with E-state index in [4.69, 9.17) is 0 Å². The monoisotopic (exact) mass is 307 g/mol. The number of halogens is 1. The lowest BCUT2D eigenvalue weighted by molar-refractivity contribution is -0.139. The van der Waals surface area contributed by atoms with E-state index in [1.807, 2.05) is 0 Å². The fourth-order valence-electron chi connectivity index (χ4n) is 1.89. The zero-order valence-electron chi connectivity index (χ0n) is 11.3. The normalized spacial score (nSPS) is 11.9. The van der Waals surface area contributed by atoms with Gasteiger partial charge in [-0.15, -0.1) is 11.3 Å². The zero-order valence-corrected chi connectivity index (χ0v) is 12.1. The van der Waals surface area contributed by atoms with Crippen molar-refractivity contribution >= 4 is 23.2 Å². The number of aliphatic carboxylic acids is 1. The van der Waals surface area contributed by atoms with Gasteiger partial charge in [-0.3, -0.25) is 4.79 Å². The molecule has 1 heterocycles. The second kappa shape index (κ2) is 6.49. The molecule has 0 aliphatic heterocycles. The Bertz CT molecular complexity index is 651. The molecule has 1 amide bonds. The summed E-state index contributed by atoms with van der Waals surface area (Å²) < 4.78 is 12.8. The highest BCUT2D eigenvalue weighted by molar-refractivity contribution is 7.12. The smallest absolute Gasteiger partial charge is 0.326 e. The molecule has 0 bridgehead atoms. The van der Waals surface area contributed by atoms with Gasteiger partial charge in [0, 0.05) is 6.42 Å². The third-order valence-corrected chi connectivity index (χ3v) is 4.04. The van der Waals surface area contributed by atoms with E-state index in [0.29, 0.717) is 10.4 Å². The van der Waals surface area contributed by atoms with E-state index >= 15 is 0 Å². The van der Waals surface area contributed by atoms with Gasteiger partial charge in [0.05, 0.1) is 4.88 Å². The molecule has 4 nitrogen and oxygen atoms in total. The maximum atomic E-state index is 12.8. The number of rotatable bonds is 5. The Morgan fingerprint density at radius 3 is 2.48 bits per heavy atom. The van der Waals surface area contributed by atoms with Crippen LogP contribution >= 0.6 is 11.3 Å². The van der Waals surface area contributed by atoms with Gasteiger partial charge in [0.2, 0.25) is 0 Å². The predicted octanol–water partition coefficient (Wildman–Crippen LogP) is 2.62. The third-order valence-electron chi connectivity index (χ3n) is 3.02. The molecule has 0 aliphatic carbocycles. The number of carbonyl (C=O) groups excluding carboxylic acids is 1. The molecule has 2 aromatic rings. The number of hydrogen-bond donors (Lipinski definition) is 2. The van der Waals surface area contributed by atoms with Crippen LogP contribution in [0.3, 0.4) is 0 Å². The number of carbonyl (C=O) groups is 2. The van der Waals surface area contributed by atoms with E-state index in [2.05, 4.69) is 5.32 Å². The van der Waals surface area contributed by atoms with Crippen molar-refractivity contribution in [1.29, 1.82) is 0 Å². The maximum absolute atomic E-state index is 12.8. The first kappa shape index (κ1) is 15.2. The van der Waals surface area contributed by atoms with Gasteiger partial charge in [-0.1, -0.05) is 12.1 Å². The molecule has 0 radical (unpaired) electrons. The van der Waals surface area contributed by atoms with Crippen molar-refractivity contribution in [2.24, 2.45) is 0 Å². The summed E-state index contributed by atoms with van der Waals surface area (Å²) in [5.41, 5.74) is 1.45. The summed E-state index contributed by atoms with van der Waals surface area (Å²) in [6, 6.07) is 6.29. The molecule has 0 saturated heterocycles. The van der Waals surface area contributed by atoms with Crippen LogP contribution in [0.5, 0.6) is 0 Å². The number of thiophene rings is 1. The SMILES string of the molecule is Cc1ccsc1C(=O)NC(Cc1ccc(F)cc1)C(=O)O. The minimum atomic E-state index is -1.12. The molecule has 1 atom stereocenters. The third kappa shape index (κ3) is 3.88. The summed E-state index contributed by atoms with van der Waals surface area (Å²) >= 11 is 1.27. The Morgan fingerprint density at radius 2 is 1.95 bits per heavy atom. The molecule has 1 aromatic heterocycles. The lowest BCUT2D eigenvalue weighted by atomic mass is 10.1. The van der Waals surface area contributed by atoms with Gasteiger partial charge in [-0.05, 0) is 41.6 Å². The van der Waals surface area contributed by atoms with E-state index in [0.717, 1.165) is 5.56 Å². The molecule has 0 aliphatic rings. The highest BCUT2D eigenvalue weighted by Gasteiger charge is 2.22. The molecular weight excluding hydrogens is 293 g/mol. The molecule has 1 aromatic carbocycles. The molecule has 0 saturated carbocycles. The average molecular weight is 307 g/mol. The second-order valence-corrected chi connectivity index (χ2v) is 5.54. The number of nitrogens with one attached hydrogen (secondary N) is 1. The van der Waals surface area contributed by atoms with E-state index in [1.54, 1.807) is 18.4 Å². The molecule has 0 spiro atoms. The fraction of sp³-hybridized carbons (Fsp3) is 0.200. The minimum absolute atomic E-state index is 0.103. The Kier molecular flexibility index (Phi) is 4.70. The molecule has 110 valence electrons. The first-order valence-electron chi connectivity index (χ1n) is 6.29. The van der Waals surface area contributed by atoms with Crippen molar-refractivity contribution in [2.45, 2.75) is 19.4 Å². The number of carboxylic acids is 1. The van der Waals surface area contributed by atoms with Crippen molar-refractivity contribution < 1.29 is 19.1 Å². The average Bonchev–Trinajstić information content (AvgIpc) is 2.86. The van der Waals surface area contributed by atoms with E-state index in [-0.39, 0.29) is 12.2 Å². The molecule has 21 heavy (non-hydrogen) atoms. The Balaban J connectivity index is 2.09. The number of amides is 1. The van der Waals surface area contributed by atoms with Crippen molar-refractivity contribution in [3.63, 3.8) is 0 Å². The summed E-state index contributed by atoms with van der Waals surface area (Å²) in [5, 5.41) is 13.5. The Labute approximate surface area is 125 Å². The van der Waals surface area contributed by atoms with Crippen molar-refractivity contribution in [3.05, 3.63) is 57.5 Å². The van der Waals surface area contributed by atoms with Gasteiger partial charge >= 0.3 is 5.97 Å². The van der Waals surface area contributed by atoms with Crippen molar-refractivity contribution in [2.75, 3.05) is 0 Å². The van der Waals surface area contributed by atoms with Gasteiger partial charge in [0.25, 0.3) is 5.91 Å². The molecule has 0 fully saturated rings. The van der Waals surface area contributed by atoms with E-state index in [9.17, 15) is 19.1 Å². The van der Waals surface area contributed by atoms with Gasteiger partial charge in [0.15, 0.2) is 0 Å². The maximum Gasteiger partial charge on any atom is 0.326 e. The largest absolute Gasteiger partial charge is 0.480 e. The van der Waals surface area contributed by atoms with E-state index in [1.165, 1.54) is 35.6 Å². The van der Waals surface area contributed by atoms with Gasteiger partial charge in [-0.25, -0.2) is 9.18 Å². The molecule has 2 N–H and O–H groups in total. The van der Waals surface area contributed by atoms with Gasteiger partial charge in [-0.2, -0.15) is 0 Å². The van der Waals surface area contributed by atoms with E-state index < -0.39 is 17.9 Å². The highest BCUT2D eigenvalue weighted by Crippen LogP contribution is 2.16. The molecule has 2 rings (SSSR count). The molecule has 1 unspecified atom stereocenters. The standard InChI is InChI=1S/C15H14FNO3S/c1-9-6-7-21-13(9)14(18)17-12(15(19)20)8-10-2-4-11(16)5-3-10/h2-7,12H,8H2,1H3,(H,17,18)(H,19,20). The van der Waals surface area contributed by atoms with Crippen LogP contribution in [0, 0.1) is 12.7 Å². The number of benzene rings is 1. The summed E-state index contributed by atoms with van der Waals surface area (Å²) in [5.74, 6) is -1.91. The summed E-state index contributed by atoms with van der Waals surface area (Å²) in [4.78, 5) is 23.8. The minimum Gasteiger partial charge on any atom is -0.480 e. The van der Waals surface area contributed by atoms with Crippen LogP contribution in [0.1, 0.15) is 20.8 Å². The van der Waals surface area contributed by atoms with Crippen LogP contribution in [0.2, 0.25) is 0 Å². The van der Waals surface area contributed by atoms with Gasteiger partial charge < -0.3 is 10.4 Å². The van der Waals surface area contributed by atoms with Crippen LogP contribution in [-0.2, 0) is 11.2 Å². The Hall–Kier alpha value is -2.21. The van der Waals surface area contributed by atoms with Crippen LogP contribution in [-0.4, -0.2) is 23.0 Å². The predicted molar refractivity (Wildman–Crippen MR) is 78.1 cm³/mol. The molecule has 6 heteroatoms. The zero-order chi connectivity index (χ0) is 15.4.